The lowest BCUT2D eigenvalue weighted by atomic mass is 9.84. The average Bonchev–Trinajstić information content (AvgIpc) is 3.15. The topological polar surface area (TPSA) is 88.7 Å². The number of pyridine rings is 1. The van der Waals surface area contributed by atoms with Crippen molar-refractivity contribution in [3.05, 3.63) is 65.7 Å². The maximum Gasteiger partial charge on any atom is 0.259 e. The zero-order valence-electron chi connectivity index (χ0n) is 16.5. The normalized spacial score (nSPS) is 19.2. The van der Waals surface area contributed by atoms with E-state index in [2.05, 4.69) is 10.1 Å². The van der Waals surface area contributed by atoms with Crippen molar-refractivity contribution in [2.75, 3.05) is 20.2 Å². The number of ether oxygens (including phenoxy) is 1. The lowest BCUT2D eigenvalue weighted by molar-refractivity contribution is -0.0303. The minimum absolute atomic E-state index is 0.173. The van der Waals surface area contributed by atoms with Crippen LogP contribution in [0.3, 0.4) is 0 Å². The molecule has 1 aromatic carbocycles. The molecule has 1 aliphatic heterocycles. The van der Waals surface area contributed by atoms with E-state index in [1.165, 1.54) is 0 Å². The lowest BCUT2D eigenvalue weighted by Gasteiger charge is -2.40. The van der Waals surface area contributed by atoms with Gasteiger partial charge in [-0.3, -0.25) is 9.78 Å². The van der Waals surface area contributed by atoms with E-state index in [0.717, 1.165) is 5.56 Å². The summed E-state index contributed by atoms with van der Waals surface area (Å²) in [6, 6.07) is 11.0. The van der Waals surface area contributed by atoms with Crippen molar-refractivity contribution in [3.63, 3.8) is 0 Å². The molecule has 0 aliphatic carbocycles. The van der Waals surface area contributed by atoms with Gasteiger partial charge in [0.05, 0.1) is 13.7 Å². The second-order valence-electron chi connectivity index (χ2n) is 7.26. The zero-order valence-corrected chi connectivity index (χ0v) is 16.5. The van der Waals surface area contributed by atoms with Gasteiger partial charge in [0.1, 0.15) is 28.4 Å². The summed E-state index contributed by atoms with van der Waals surface area (Å²) in [6.45, 7) is 2.45. The predicted octanol–water partition coefficient (Wildman–Crippen LogP) is 3.18. The van der Waals surface area contributed by atoms with Crippen molar-refractivity contribution >= 4 is 5.91 Å². The summed E-state index contributed by atoms with van der Waals surface area (Å²) in [5, 5.41) is 15.5. The van der Waals surface area contributed by atoms with Gasteiger partial charge in [-0.2, -0.15) is 0 Å². The minimum atomic E-state index is -1.18. The van der Waals surface area contributed by atoms with Crippen molar-refractivity contribution in [2.24, 2.45) is 0 Å². The van der Waals surface area contributed by atoms with Gasteiger partial charge in [0.25, 0.3) is 5.91 Å². The molecular weight excluding hydrogens is 370 g/mol. The van der Waals surface area contributed by atoms with Crippen LogP contribution in [0.25, 0.3) is 11.3 Å². The van der Waals surface area contributed by atoms with Crippen molar-refractivity contribution < 1.29 is 19.2 Å². The number of hydrogen-bond donors (Lipinski definition) is 1. The molecule has 1 saturated heterocycles. The van der Waals surface area contributed by atoms with E-state index in [1.54, 1.807) is 43.5 Å². The van der Waals surface area contributed by atoms with Crippen LogP contribution in [0.1, 0.15) is 34.5 Å². The highest BCUT2D eigenvalue weighted by molar-refractivity contribution is 6.00. The molecule has 0 saturated carbocycles. The summed E-state index contributed by atoms with van der Waals surface area (Å²) in [5.41, 5.74) is 1.18. The summed E-state index contributed by atoms with van der Waals surface area (Å²) in [4.78, 5) is 19.1. The van der Waals surface area contributed by atoms with E-state index >= 15 is 0 Å². The Hall–Kier alpha value is -3.19. The number of likely N-dealkylation sites (tertiary alicyclic amines) is 1. The van der Waals surface area contributed by atoms with Crippen molar-refractivity contribution in [1.82, 2.24) is 15.0 Å². The van der Waals surface area contributed by atoms with Crippen LogP contribution in [0.4, 0.5) is 0 Å². The quantitative estimate of drug-likeness (QED) is 0.732. The molecule has 0 radical (unpaired) electrons. The Labute approximate surface area is 168 Å². The number of hydrogen-bond acceptors (Lipinski definition) is 6. The van der Waals surface area contributed by atoms with Gasteiger partial charge in [0.15, 0.2) is 0 Å². The van der Waals surface area contributed by atoms with Gasteiger partial charge in [0, 0.05) is 30.1 Å². The van der Waals surface area contributed by atoms with Crippen LogP contribution in [0, 0.1) is 6.92 Å². The fourth-order valence-corrected chi connectivity index (χ4v) is 3.95. The fraction of sp³-hybridized carbons (Fsp3) is 0.318. The number of amides is 1. The van der Waals surface area contributed by atoms with Gasteiger partial charge in [-0.15, -0.1) is 0 Å². The third kappa shape index (κ3) is 3.49. The third-order valence-corrected chi connectivity index (χ3v) is 5.40. The van der Waals surface area contributed by atoms with E-state index in [1.807, 2.05) is 24.3 Å². The standard InChI is InChI=1S/C22H23N3O4/c1-15-19(20(24-29-15)16-8-11-23-12-9-16)21(26)25-13-5-10-22(27,14-25)17-6-3-4-7-18(17)28-2/h3-4,6-9,11-12,27H,5,10,13-14H2,1-2H3/t22-/m1/s1. The second kappa shape index (κ2) is 7.67. The number of carbonyl (C=O) groups excluding carboxylic acids is 1. The third-order valence-electron chi connectivity index (χ3n) is 5.40. The highest BCUT2D eigenvalue weighted by atomic mass is 16.5. The van der Waals surface area contributed by atoms with E-state index in [4.69, 9.17) is 9.26 Å². The molecule has 1 fully saturated rings. The highest BCUT2D eigenvalue weighted by Gasteiger charge is 2.40. The number of piperidine rings is 1. The summed E-state index contributed by atoms with van der Waals surface area (Å²) in [7, 11) is 1.58. The number of methoxy groups -OCH3 is 1. The first-order valence-electron chi connectivity index (χ1n) is 9.55. The molecule has 0 bridgehead atoms. The SMILES string of the molecule is COc1ccccc1[C@@]1(O)CCCN(C(=O)c2c(-c3ccncc3)noc2C)C1. The van der Waals surface area contributed by atoms with Gasteiger partial charge in [-0.1, -0.05) is 23.4 Å². The van der Waals surface area contributed by atoms with Crippen LogP contribution in [-0.2, 0) is 5.60 Å². The van der Waals surface area contributed by atoms with E-state index < -0.39 is 5.60 Å². The summed E-state index contributed by atoms with van der Waals surface area (Å²) >= 11 is 0. The molecule has 7 heteroatoms. The number of rotatable bonds is 4. The molecule has 1 aliphatic rings. The highest BCUT2D eigenvalue weighted by Crippen LogP contribution is 2.38. The van der Waals surface area contributed by atoms with E-state index in [9.17, 15) is 9.90 Å². The van der Waals surface area contributed by atoms with Gasteiger partial charge in [-0.05, 0) is 38.0 Å². The number of aliphatic hydroxyl groups is 1. The largest absolute Gasteiger partial charge is 0.496 e. The predicted molar refractivity (Wildman–Crippen MR) is 106 cm³/mol. The van der Waals surface area contributed by atoms with Crippen molar-refractivity contribution in [3.8, 4) is 17.0 Å². The lowest BCUT2D eigenvalue weighted by Crippen LogP contribution is -2.48. The maximum atomic E-state index is 13.4. The van der Waals surface area contributed by atoms with Crippen LogP contribution in [0.2, 0.25) is 0 Å². The molecular formula is C22H23N3O4. The summed E-state index contributed by atoms with van der Waals surface area (Å²) < 4.78 is 10.8. The number of aromatic nitrogens is 2. The monoisotopic (exact) mass is 393 g/mol. The Balaban J connectivity index is 1.66. The van der Waals surface area contributed by atoms with Gasteiger partial charge < -0.3 is 19.3 Å². The van der Waals surface area contributed by atoms with Crippen molar-refractivity contribution in [1.29, 1.82) is 0 Å². The smallest absolute Gasteiger partial charge is 0.259 e. The Bertz CT molecular complexity index is 1020. The van der Waals surface area contributed by atoms with E-state index in [0.29, 0.717) is 47.7 Å². The molecule has 3 heterocycles. The summed E-state index contributed by atoms with van der Waals surface area (Å²) in [5.74, 6) is 0.861. The molecule has 4 rings (SSSR count). The molecule has 150 valence electrons. The van der Waals surface area contributed by atoms with Crippen LogP contribution in [0.15, 0.2) is 53.3 Å². The number of nitrogens with zero attached hydrogens (tertiary/aromatic N) is 3. The maximum absolute atomic E-state index is 13.4. The Morgan fingerprint density at radius 1 is 1.24 bits per heavy atom. The average molecular weight is 393 g/mol. The first kappa shape index (κ1) is 19.1. The molecule has 29 heavy (non-hydrogen) atoms. The number of carbonyl (C=O) groups is 1. The Morgan fingerprint density at radius 2 is 2.00 bits per heavy atom. The Kier molecular flexibility index (Phi) is 5.07. The van der Waals surface area contributed by atoms with E-state index in [-0.39, 0.29) is 12.5 Å². The van der Waals surface area contributed by atoms with Crippen LogP contribution in [0.5, 0.6) is 5.75 Å². The van der Waals surface area contributed by atoms with Crippen molar-refractivity contribution in [2.45, 2.75) is 25.4 Å². The number of aryl methyl sites for hydroxylation is 1. The molecule has 0 spiro atoms. The zero-order chi connectivity index (χ0) is 20.4. The van der Waals surface area contributed by atoms with Gasteiger partial charge >= 0.3 is 0 Å². The molecule has 7 nitrogen and oxygen atoms in total. The molecule has 1 N–H and O–H groups in total. The number of para-hydroxylation sites is 1. The number of β-amino-alcohol motifs (C(OH)–C–C–N with tert-alkyl or cyclic N) is 1. The van der Waals surface area contributed by atoms with Crippen LogP contribution in [-0.4, -0.2) is 46.3 Å². The van der Waals surface area contributed by atoms with Gasteiger partial charge in [0.2, 0.25) is 0 Å². The minimum Gasteiger partial charge on any atom is -0.496 e. The molecule has 0 unspecified atom stereocenters. The van der Waals surface area contributed by atoms with Gasteiger partial charge in [-0.25, -0.2) is 0 Å². The second-order valence-corrected chi connectivity index (χ2v) is 7.26. The first-order chi connectivity index (χ1) is 14.0. The number of benzene rings is 1. The first-order valence-corrected chi connectivity index (χ1v) is 9.55. The summed E-state index contributed by atoms with van der Waals surface area (Å²) in [6.07, 6.45) is 4.52. The van der Waals surface area contributed by atoms with Crippen LogP contribution >= 0.6 is 0 Å². The molecule has 2 aromatic heterocycles. The van der Waals surface area contributed by atoms with Crippen LogP contribution < -0.4 is 4.74 Å². The fourth-order valence-electron chi connectivity index (χ4n) is 3.95. The molecule has 3 aromatic rings. The molecule has 1 atom stereocenters. The Morgan fingerprint density at radius 3 is 2.76 bits per heavy atom. The molecule has 1 amide bonds.